The average Bonchev–Trinajstić information content (AvgIpc) is 2.53. The molecule has 148 valence electrons. The number of halogens is 2. The Hall–Kier alpha value is -0.740. The summed E-state index contributed by atoms with van der Waals surface area (Å²) in [6.45, 7) is 8.01. The second-order valence-corrected chi connectivity index (χ2v) is 9.72. The molecule has 0 unspecified atom stereocenters. The topological polar surface area (TPSA) is 71.0 Å². The van der Waals surface area contributed by atoms with E-state index in [0.717, 1.165) is 12.5 Å². The molecule has 6 nitrogen and oxygen atoms in total. The zero-order valence-corrected chi connectivity index (χ0v) is 19.3. The molecule has 0 aromatic heterocycles. The van der Waals surface area contributed by atoms with Gasteiger partial charge in [-0.2, -0.15) is 0 Å². The molecular formula is C17H27ClIN3O3S. The molecule has 2 rings (SSSR count). The molecule has 26 heavy (non-hydrogen) atoms. The average molecular weight is 516 g/mol. The summed E-state index contributed by atoms with van der Waals surface area (Å²) < 4.78 is 29.2. The van der Waals surface area contributed by atoms with E-state index in [1.165, 1.54) is 0 Å². The highest BCUT2D eigenvalue weighted by molar-refractivity contribution is 14.0. The highest BCUT2D eigenvalue weighted by Gasteiger charge is 2.40. The summed E-state index contributed by atoms with van der Waals surface area (Å²) in [6.07, 6.45) is 0. The normalized spacial score (nSPS) is 18.8. The Morgan fingerprint density at radius 1 is 1.42 bits per heavy atom. The molecule has 0 saturated carbocycles. The molecule has 1 aromatic carbocycles. The van der Waals surface area contributed by atoms with Gasteiger partial charge in [0.05, 0.1) is 17.0 Å². The largest absolute Gasteiger partial charge is 0.492 e. The van der Waals surface area contributed by atoms with Gasteiger partial charge in [-0.1, -0.05) is 17.7 Å². The molecule has 1 aliphatic heterocycles. The van der Waals surface area contributed by atoms with Crippen molar-refractivity contribution in [3.05, 3.63) is 29.3 Å². The van der Waals surface area contributed by atoms with Gasteiger partial charge < -0.3 is 15.0 Å². The number of rotatable bonds is 5. The van der Waals surface area contributed by atoms with Crippen LogP contribution in [-0.2, 0) is 9.84 Å². The molecule has 9 heteroatoms. The minimum absolute atomic E-state index is 0. The van der Waals surface area contributed by atoms with Gasteiger partial charge in [0, 0.05) is 24.7 Å². The van der Waals surface area contributed by atoms with Gasteiger partial charge in [-0.05, 0) is 39.0 Å². The lowest BCUT2D eigenvalue weighted by Gasteiger charge is -2.39. The molecule has 0 spiro atoms. The highest BCUT2D eigenvalue weighted by atomic mass is 127. The Morgan fingerprint density at radius 3 is 2.77 bits per heavy atom. The Labute approximate surface area is 178 Å². The summed E-state index contributed by atoms with van der Waals surface area (Å²) in [6, 6.07) is 7.23. The lowest BCUT2D eigenvalue weighted by molar-refractivity contribution is 0.323. The minimum atomic E-state index is -3.07. The number of guanidine groups is 1. The number of benzene rings is 1. The summed E-state index contributed by atoms with van der Waals surface area (Å²) in [5.41, 5.74) is 0. The van der Waals surface area contributed by atoms with Crippen LogP contribution in [0.4, 0.5) is 0 Å². The van der Waals surface area contributed by atoms with E-state index in [2.05, 4.69) is 10.3 Å². The van der Waals surface area contributed by atoms with Crippen molar-refractivity contribution in [2.45, 2.75) is 25.5 Å². The number of sulfone groups is 1. The SMILES string of the molecule is CCNC(=NCCOc1cccc(Cl)c1)N1CCS(=O)(=O)C(C)(C)C1.I. The van der Waals surface area contributed by atoms with Crippen LogP contribution in [0.3, 0.4) is 0 Å². The van der Waals surface area contributed by atoms with Gasteiger partial charge in [0.2, 0.25) is 0 Å². The van der Waals surface area contributed by atoms with Crippen molar-refractivity contribution in [1.29, 1.82) is 0 Å². The van der Waals surface area contributed by atoms with Crippen LogP contribution in [0.15, 0.2) is 29.3 Å². The lowest BCUT2D eigenvalue weighted by Crippen LogP contribution is -2.57. The minimum Gasteiger partial charge on any atom is -0.492 e. The zero-order valence-electron chi connectivity index (χ0n) is 15.4. The fourth-order valence-corrected chi connectivity index (χ4v) is 4.17. The van der Waals surface area contributed by atoms with Crippen molar-refractivity contribution in [2.75, 3.05) is 38.5 Å². The predicted molar refractivity (Wildman–Crippen MR) is 118 cm³/mol. The van der Waals surface area contributed by atoms with E-state index in [0.29, 0.717) is 37.0 Å². The number of hydrogen-bond acceptors (Lipinski definition) is 4. The molecule has 1 saturated heterocycles. The monoisotopic (exact) mass is 515 g/mol. The Balaban J connectivity index is 0.00000338. The van der Waals surface area contributed by atoms with E-state index in [4.69, 9.17) is 16.3 Å². The van der Waals surface area contributed by atoms with Gasteiger partial charge in [-0.15, -0.1) is 24.0 Å². The number of hydrogen-bond donors (Lipinski definition) is 1. The van der Waals surface area contributed by atoms with E-state index < -0.39 is 14.6 Å². The maximum atomic E-state index is 12.2. The van der Waals surface area contributed by atoms with Gasteiger partial charge in [-0.25, -0.2) is 13.4 Å². The molecule has 0 atom stereocenters. The van der Waals surface area contributed by atoms with Crippen molar-refractivity contribution >= 4 is 51.4 Å². The fourth-order valence-electron chi connectivity index (χ4n) is 2.62. The van der Waals surface area contributed by atoms with Crippen LogP contribution < -0.4 is 10.1 Å². The number of nitrogens with zero attached hydrogens (tertiary/aromatic N) is 2. The molecule has 0 amide bonds. The first kappa shape index (κ1) is 23.3. The third-order valence-electron chi connectivity index (χ3n) is 4.10. The van der Waals surface area contributed by atoms with Crippen LogP contribution >= 0.6 is 35.6 Å². The van der Waals surface area contributed by atoms with E-state index >= 15 is 0 Å². The van der Waals surface area contributed by atoms with Gasteiger partial charge >= 0.3 is 0 Å². The first-order valence-corrected chi connectivity index (χ1v) is 10.4. The lowest BCUT2D eigenvalue weighted by atomic mass is 10.2. The van der Waals surface area contributed by atoms with Crippen molar-refractivity contribution in [3.63, 3.8) is 0 Å². The van der Waals surface area contributed by atoms with Crippen LogP contribution in [0.1, 0.15) is 20.8 Å². The van der Waals surface area contributed by atoms with E-state index in [9.17, 15) is 8.42 Å². The van der Waals surface area contributed by atoms with Crippen molar-refractivity contribution in [2.24, 2.45) is 4.99 Å². The van der Waals surface area contributed by atoms with Crippen molar-refractivity contribution in [1.82, 2.24) is 10.2 Å². The van der Waals surface area contributed by atoms with Crippen molar-refractivity contribution < 1.29 is 13.2 Å². The Morgan fingerprint density at radius 2 is 2.15 bits per heavy atom. The molecule has 1 heterocycles. The third-order valence-corrected chi connectivity index (χ3v) is 6.86. The van der Waals surface area contributed by atoms with E-state index in [1.807, 2.05) is 24.0 Å². The summed E-state index contributed by atoms with van der Waals surface area (Å²) in [4.78, 5) is 6.57. The first-order chi connectivity index (χ1) is 11.7. The third kappa shape index (κ3) is 6.16. The summed E-state index contributed by atoms with van der Waals surface area (Å²) in [7, 11) is -3.07. The zero-order chi connectivity index (χ0) is 18.5. The standard InChI is InChI=1S/C17H26ClN3O3S.HI/c1-4-19-16(21-9-11-25(22,23)17(2,3)13-21)20-8-10-24-15-7-5-6-14(18)12-15;/h5-7,12H,4,8-11,13H2,1-3H3,(H,19,20);1H. The van der Waals surface area contributed by atoms with E-state index in [-0.39, 0.29) is 29.7 Å². The molecule has 0 aliphatic carbocycles. The van der Waals surface area contributed by atoms with Crippen LogP contribution in [0.2, 0.25) is 5.02 Å². The van der Waals surface area contributed by atoms with Gasteiger partial charge in [0.15, 0.2) is 15.8 Å². The molecule has 1 fully saturated rings. The first-order valence-electron chi connectivity index (χ1n) is 8.39. The summed E-state index contributed by atoms with van der Waals surface area (Å²) >= 11 is 5.93. The Bertz CT molecular complexity index is 726. The molecule has 1 aliphatic rings. The van der Waals surface area contributed by atoms with Crippen LogP contribution in [0.5, 0.6) is 5.75 Å². The van der Waals surface area contributed by atoms with Gasteiger partial charge in [0.25, 0.3) is 0 Å². The molecule has 0 bridgehead atoms. The molecule has 1 aromatic rings. The van der Waals surface area contributed by atoms with E-state index in [1.54, 1.807) is 26.0 Å². The van der Waals surface area contributed by atoms with Crippen LogP contribution in [0, 0.1) is 0 Å². The number of aliphatic imine (C=N–C) groups is 1. The number of nitrogens with one attached hydrogen (secondary N) is 1. The maximum Gasteiger partial charge on any atom is 0.194 e. The van der Waals surface area contributed by atoms with Crippen LogP contribution in [-0.4, -0.2) is 62.6 Å². The summed E-state index contributed by atoms with van der Waals surface area (Å²) in [5.74, 6) is 1.57. The van der Waals surface area contributed by atoms with Gasteiger partial charge in [0.1, 0.15) is 12.4 Å². The number of ether oxygens (including phenoxy) is 1. The van der Waals surface area contributed by atoms with Crippen LogP contribution in [0.25, 0.3) is 0 Å². The molecule has 1 N–H and O–H groups in total. The second-order valence-electron chi connectivity index (χ2n) is 6.54. The van der Waals surface area contributed by atoms with Gasteiger partial charge in [-0.3, -0.25) is 0 Å². The molecule has 0 radical (unpaired) electrons. The predicted octanol–water partition coefficient (Wildman–Crippen LogP) is 2.81. The van der Waals surface area contributed by atoms with Crippen molar-refractivity contribution in [3.8, 4) is 5.75 Å². The summed E-state index contributed by atoms with van der Waals surface area (Å²) in [5, 5.41) is 3.86. The maximum absolute atomic E-state index is 12.2. The fraction of sp³-hybridized carbons (Fsp3) is 0.588. The smallest absolute Gasteiger partial charge is 0.194 e. The highest BCUT2D eigenvalue weighted by Crippen LogP contribution is 2.23. The second kappa shape index (κ2) is 9.98. The molecular weight excluding hydrogens is 489 g/mol. The Kier molecular flexibility index (Phi) is 8.95. The quantitative estimate of drug-likeness (QED) is 0.283.